The normalized spacial score (nSPS) is 22.9. The van der Waals surface area contributed by atoms with Crippen LogP contribution in [-0.4, -0.2) is 16.7 Å². The molecule has 0 spiro atoms. The Morgan fingerprint density at radius 1 is 1.11 bits per heavy atom. The Hall–Kier alpha value is -0.990. The van der Waals surface area contributed by atoms with E-state index in [9.17, 15) is 4.79 Å². The van der Waals surface area contributed by atoms with Crippen LogP contribution in [-0.2, 0) is 9.53 Å². The van der Waals surface area contributed by atoms with E-state index in [1.165, 1.54) is 57.6 Å². The second kappa shape index (κ2) is 5.98. The van der Waals surface area contributed by atoms with E-state index in [1.54, 1.807) is 6.92 Å². The minimum atomic E-state index is -0.889. The molecule has 0 radical (unpaired) electrons. The summed E-state index contributed by atoms with van der Waals surface area (Å²) in [4.78, 5) is 10.9. The summed E-state index contributed by atoms with van der Waals surface area (Å²) in [6, 6.07) is 0. The maximum absolute atomic E-state index is 10.9. The Morgan fingerprint density at radius 2 is 1.53 bits per heavy atom. The molecule has 0 bridgehead atoms. The first-order valence-corrected chi connectivity index (χ1v) is 7.62. The van der Waals surface area contributed by atoms with E-state index in [4.69, 9.17) is 9.84 Å². The van der Waals surface area contributed by atoms with Gasteiger partial charge in [0.2, 0.25) is 0 Å². The summed E-state index contributed by atoms with van der Waals surface area (Å²) < 4.78 is 6.08. The topological polar surface area (TPSA) is 46.5 Å². The predicted molar refractivity (Wildman–Crippen MR) is 74.8 cm³/mol. The largest absolute Gasteiger partial charge is 0.494 e. The molecular weight excluding hydrogens is 240 g/mol. The third-order valence-corrected chi connectivity index (χ3v) is 5.16. The van der Waals surface area contributed by atoms with Gasteiger partial charge in [-0.15, -0.1) is 0 Å². The first-order chi connectivity index (χ1) is 9.04. The molecule has 0 heterocycles. The molecule has 0 aliphatic heterocycles. The monoisotopic (exact) mass is 266 g/mol. The molecule has 19 heavy (non-hydrogen) atoms. The molecule has 2 saturated carbocycles. The Bertz CT molecular complexity index is 331. The van der Waals surface area contributed by atoms with Crippen molar-refractivity contribution < 1.29 is 14.6 Å². The Kier molecular flexibility index (Phi) is 4.54. The molecule has 0 aromatic carbocycles. The van der Waals surface area contributed by atoms with Crippen molar-refractivity contribution in [2.45, 2.75) is 70.8 Å². The van der Waals surface area contributed by atoms with Crippen molar-refractivity contribution in [3.05, 3.63) is 11.8 Å². The molecule has 3 heteroatoms. The van der Waals surface area contributed by atoms with Gasteiger partial charge >= 0.3 is 5.97 Å². The Balaban J connectivity index is 2.13. The zero-order valence-electron chi connectivity index (χ0n) is 12.2. The van der Waals surface area contributed by atoms with Gasteiger partial charge in [-0.05, 0) is 51.4 Å². The summed E-state index contributed by atoms with van der Waals surface area (Å²) in [7, 11) is 0. The number of aliphatic carboxylic acids is 1. The SMILES string of the molecule is CC(=COC(C)(C1CCCC1)C1CCCC1)C(=O)O. The van der Waals surface area contributed by atoms with Crippen molar-refractivity contribution >= 4 is 5.97 Å². The third-order valence-electron chi connectivity index (χ3n) is 5.16. The van der Waals surface area contributed by atoms with Crippen LogP contribution in [0.4, 0.5) is 0 Å². The standard InChI is InChI=1S/C16H26O3/c1-12(15(17)18)11-19-16(2,13-7-3-4-8-13)14-9-5-6-10-14/h11,13-14H,3-10H2,1-2H3,(H,17,18). The maximum atomic E-state index is 10.9. The van der Waals surface area contributed by atoms with Gasteiger partial charge in [-0.25, -0.2) is 4.79 Å². The van der Waals surface area contributed by atoms with Crippen molar-refractivity contribution in [1.29, 1.82) is 0 Å². The molecule has 0 unspecified atom stereocenters. The lowest BCUT2D eigenvalue weighted by Crippen LogP contribution is -2.42. The van der Waals surface area contributed by atoms with Gasteiger partial charge in [-0.3, -0.25) is 0 Å². The number of ether oxygens (including phenoxy) is 1. The van der Waals surface area contributed by atoms with E-state index in [1.807, 2.05) is 0 Å². The van der Waals surface area contributed by atoms with Crippen LogP contribution in [0.3, 0.4) is 0 Å². The summed E-state index contributed by atoms with van der Waals surface area (Å²) in [6.07, 6.45) is 11.6. The predicted octanol–water partition coefficient (Wildman–Crippen LogP) is 4.13. The van der Waals surface area contributed by atoms with Crippen molar-refractivity contribution in [1.82, 2.24) is 0 Å². The zero-order chi connectivity index (χ0) is 13.9. The highest BCUT2D eigenvalue weighted by molar-refractivity contribution is 5.85. The van der Waals surface area contributed by atoms with Crippen LogP contribution in [0.1, 0.15) is 65.2 Å². The highest BCUT2D eigenvalue weighted by atomic mass is 16.5. The van der Waals surface area contributed by atoms with Crippen molar-refractivity contribution in [2.24, 2.45) is 11.8 Å². The van der Waals surface area contributed by atoms with E-state index >= 15 is 0 Å². The number of rotatable bonds is 5. The molecule has 3 nitrogen and oxygen atoms in total. The van der Waals surface area contributed by atoms with Crippen molar-refractivity contribution in [3.8, 4) is 0 Å². The number of hydrogen-bond donors (Lipinski definition) is 1. The second-order valence-electron chi connectivity index (χ2n) is 6.37. The van der Waals surface area contributed by atoms with E-state index in [2.05, 4.69) is 6.92 Å². The first-order valence-electron chi connectivity index (χ1n) is 7.62. The van der Waals surface area contributed by atoms with Gasteiger partial charge in [0, 0.05) is 0 Å². The van der Waals surface area contributed by atoms with E-state index in [0.29, 0.717) is 17.4 Å². The molecule has 2 aliphatic rings. The van der Waals surface area contributed by atoms with Crippen molar-refractivity contribution in [2.75, 3.05) is 0 Å². The lowest BCUT2D eigenvalue weighted by molar-refractivity contribution is -0.133. The fraction of sp³-hybridized carbons (Fsp3) is 0.812. The van der Waals surface area contributed by atoms with Crippen LogP contribution in [0.25, 0.3) is 0 Å². The van der Waals surface area contributed by atoms with Crippen LogP contribution in [0.15, 0.2) is 11.8 Å². The Morgan fingerprint density at radius 3 is 1.89 bits per heavy atom. The molecule has 2 fully saturated rings. The van der Waals surface area contributed by atoms with Crippen LogP contribution >= 0.6 is 0 Å². The minimum Gasteiger partial charge on any atom is -0.494 e. The lowest BCUT2D eigenvalue weighted by Gasteiger charge is -2.40. The average molecular weight is 266 g/mol. The molecule has 0 atom stereocenters. The van der Waals surface area contributed by atoms with Gasteiger partial charge in [0.1, 0.15) is 5.60 Å². The smallest absolute Gasteiger partial charge is 0.334 e. The zero-order valence-corrected chi connectivity index (χ0v) is 12.2. The summed E-state index contributed by atoms with van der Waals surface area (Å²) in [5.74, 6) is 0.294. The van der Waals surface area contributed by atoms with E-state index in [0.717, 1.165) is 0 Å². The minimum absolute atomic E-state index is 0.163. The molecule has 0 saturated heterocycles. The molecule has 108 valence electrons. The van der Waals surface area contributed by atoms with Crippen LogP contribution in [0.5, 0.6) is 0 Å². The Labute approximate surface area is 116 Å². The number of carbonyl (C=O) groups is 1. The van der Waals surface area contributed by atoms with Crippen molar-refractivity contribution in [3.63, 3.8) is 0 Å². The molecule has 0 aromatic heterocycles. The first kappa shape index (κ1) is 14.4. The summed E-state index contributed by atoms with van der Waals surface area (Å²) in [5, 5.41) is 8.96. The van der Waals surface area contributed by atoms with E-state index in [-0.39, 0.29) is 5.60 Å². The molecule has 0 amide bonds. The molecule has 0 aromatic rings. The van der Waals surface area contributed by atoms with Crippen LogP contribution in [0, 0.1) is 11.8 Å². The van der Waals surface area contributed by atoms with Gasteiger partial charge in [0.15, 0.2) is 0 Å². The van der Waals surface area contributed by atoms with Gasteiger partial charge in [0.05, 0.1) is 11.8 Å². The summed E-state index contributed by atoms with van der Waals surface area (Å²) in [5.41, 5.74) is 0.131. The summed E-state index contributed by atoms with van der Waals surface area (Å²) in [6.45, 7) is 3.82. The molecule has 2 aliphatic carbocycles. The maximum Gasteiger partial charge on any atom is 0.334 e. The van der Waals surface area contributed by atoms with E-state index < -0.39 is 5.97 Å². The molecular formula is C16H26O3. The third kappa shape index (κ3) is 3.13. The second-order valence-corrected chi connectivity index (χ2v) is 6.37. The fourth-order valence-corrected chi connectivity index (χ4v) is 3.79. The number of hydrogen-bond acceptors (Lipinski definition) is 2. The van der Waals surface area contributed by atoms with Gasteiger partial charge in [0.25, 0.3) is 0 Å². The van der Waals surface area contributed by atoms with Crippen LogP contribution < -0.4 is 0 Å². The van der Waals surface area contributed by atoms with Crippen LogP contribution in [0.2, 0.25) is 0 Å². The number of carboxylic acids is 1. The highest BCUT2D eigenvalue weighted by Crippen LogP contribution is 2.46. The summed E-state index contributed by atoms with van der Waals surface area (Å²) >= 11 is 0. The van der Waals surface area contributed by atoms with Gasteiger partial charge < -0.3 is 9.84 Å². The number of carboxylic acid groups (broad SMARTS) is 1. The highest BCUT2D eigenvalue weighted by Gasteiger charge is 2.44. The fourth-order valence-electron chi connectivity index (χ4n) is 3.79. The van der Waals surface area contributed by atoms with Gasteiger partial charge in [-0.1, -0.05) is 25.7 Å². The molecule has 1 N–H and O–H groups in total. The average Bonchev–Trinajstić information content (AvgIpc) is 3.06. The quantitative estimate of drug-likeness (QED) is 0.601. The van der Waals surface area contributed by atoms with Gasteiger partial charge in [-0.2, -0.15) is 0 Å². The lowest BCUT2D eigenvalue weighted by atomic mass is 9.76. The molecule has 2 rings (SSSR count).